The Morgan fingerprint density at radius 1 is 0.694 bits per heavy atom. The normalized spacial score (nSPS) is 13.8. The number of hydrogen-bond donors (Lipinski definition) is 1. The number of nitrogens with zero attached hydrogens (tertiary/aromatic N) is 3. The van der Waals surface area contributed by atoms with Crippen LogP contribution in [0.4, 0.5) is 0 Å². The Bertz CT molecular complexity index is 1260. The van der Waals surface area contributed by atoms with Gasteiger partial charge in [-0.25, -0.2) is 4.57 Å². The molecule has 1 N–H and O–H groups in total. The van der Waals surface area contributed by atoms with E-state index >= 15 is 0 Å². The molecule has 0 radical (unpaired) electrons. The van der Waals surface area contributed by atoms with Crippen LogP contribution in [0.3, 0.4) is 0 Å². The van der Waals surface area contributed by atoms with E-state index in [1.807, 2.05) is 6.20 Å². The van der Waals surface area contributed by atoms with Crippen LogP contribution < -0.4 is 9.13 Å². The molecule has 190 valence electrons. The number of benzene rings is 2. The predicted molar refractivity (Wildman–Crippen MR) is 148 cm³/mol. The first kappa shape index (κ1) is 25.9. The molecule has 0 aliphatic rings. The Morgan fingerprint density at radius 2 is 1.19 bits per heavy atom. The van der Waals surface area contributed by atoms with Crippen molar-refractivity contribution in [2.75, 3.05) is 0 Å². The first-order chi connectivity index (χ1) is 17.1. The van der Waals surface area contributed by atoms with Crippen molar-refractivity contribution in [1.29, 1.82) is 0 Å². The molecule has 2 aromatic carbocycles. The summed E-state index contributed by atoms with van der Waals surface area (Å²) < 4.78 is 7.03. The number of hydrogen-bond acceptors (Lipinski definition) is 0. The molecule has 4 nitrogen and oxygen atoms in total. The van der Waals surface area contributed by atoms with E-state index in [-0.39, 0.29) is 0 Å². The first-order valence-corrected chi connectivity index (χ1v) is 13.5. The predicted octanol–water partition coefficient (Wildman–Crippen LogP) is 7.14. The molecule has 0 saturated heterocycles. The lowest BCUT2D eigenvalue weighted by molar-refractivity contribution is -0.979. The fourth-order valence-corrected chi connectivity index (χ4v) is 5.60. The van der Waals surface area contributed by atoms with Crippen molar-refractivity contribution in [3.8, 4) is 5.69 Å². The Hall–Kier alpha value is -3.14. The molecule has 0 saturated carbocycles. The smallest absolute Gasteiger partial charge is 0.250 e. The second kappa shape index (κ2) is 10.1. The van der Waals surface area contributed by atoms with E-state index in [0.29, 0.717) is 23.7 Å². The molecule has 4 rings (SSSR count). The average molecular weight is 485 g/mol. The molecular formula is C32H44N4+2. The van der Waals surface area contributed by atoms with Crippen LogP contribution >= 0.6 is 0 Å². The Morgan fingerprint density at radius 3 is 1.64 bits per heavy atom. The van der Waals surface area contributed by atoms with Crippen LogP contribution in [0.15, 0.2) is 73.8 Å². The molecule has 0 aliphatic heterocycles. The molecule has 1 atom stereocenters. The average Bonchev–Trinajstić information content (AvgIpc) is 3.55. The minimum atomic E-state index is -0.448. The molecule has 1 unspecified atom stereocenters. The number of H-pyrrole nitrogens is 1. The molecule has 0 bridgehead atoms. The van der Waals surface area contributed by atoms with Crippen LogP contribution in [0.2, 0.25) is 0 Å². The summed E-state index contributed by atoms with van der Waals surface area (Å²) in [5, 5.41) is 0. The van der Waals surface area contributed by atoms with Crippen LogP contribution in [-0.2, 0) is 5.66 Å². The fourth-order valence-electron chi connectivity index (χ4n) is 5.60. The number of nitrogens with one attached hydrogen (secondary N) is 1. The van der Waals surface area contributed by atoms with Crippen molar-refractivity contribution < 1.29 is 9.13 Å². The zero-order valence-electron chi connectivity index (χ0n) is 23.6. The second-order valence-corrected chi connectivity index (χ2v) is 11.5. The van der Waals surface area contributed by atoms with Crippen LogP contribution in [-0.4, -0.2) is 9.55 Å². The van der Waals surface area contributed by atoms with Gasteiger partial charge in [0.05, 0.1) is 5.56 Å². The summed E-state index contributed by atoms with van der Waals surface area (Å²) in [5.74, 6) is 1.70. The molecule has 0 amide bonds. The van der Waals surface area contributed by atoms with Crippen molar-refractivity contribution in [3.63, 3.8) is 0 Å². The summed E-state index contributed by atoms with van der Waals surface area (Å²) in [6.07, 6.45) is 13.0. The molecule has 2 aromatic heterocycles. The van der Waals surface area contributed by atoms with Gasteiger partial charge in [-0.15, -0.1) is 0 Å². The van der Waals surface area contributed by atoms with Gasteiger partial charge >= 0.3 is 0 Å². The monoisotopic (exact) mass is 484 g/mol. The van der Waals surface area contributed by atoms with E-state index in [0.717, 1.165) is 0 Å². The summed E-state index contributed by atoms with van der Waals surface area (Å²) in [6, 6.07) is 13.6. The van der Waals surface area contributed by atoms with Crippen LogP contribution in [0.25, 0.3) is 5.69 Å². The van der Waals surface area contributed by atoms with Gasteiger partial charge in [0.1, 0.15) is 30.5 Å². The molecule has 36 heavy (non-hydrogen) atoms. The largest absolute Gasteiger partial charge is 0.276 e. The van der Waals surface area contributed by atoms with Gasteiger partial charge in [0.2, 0.25) is 6.33 Å². The van der Waals surface area contributed by atoms with Gasteiger partial charge in [-0.2, -0.15) is 9.13 Å². The summed E-state index contributed by atoms with van der Waals surface area (Å²) in [6.45, 7) is 20.7. The Balaban J connectivity index is 2.02. The Labute approximate surface area is 217 Å². The topological polar surface area (TPSA) is 28.5 Å². The highest BCUT2D eigenvalue weighted by Gasteiger charge is 2.44. The van der Waals surface area contributed by atoms with Gasteiger partial charge in [-0.05, 0) is 34.8 Å². The highest BCUT2D eigenvalue weighted by atomic mass is 15.3. The molecule has 4 heteroatoms. The van der Waals surface area contributed by atoms with E-state index in [2.05, 4.69) is 149 Å². The minimum absolute atomic E-state index is 0.412. The number of imidazole rings is 2. The van der Waals surface area contributed by atoms with E-state index in [9.17, 15) is 0 Å². The SMILES string of the molecule is CC(C)c1cccc(C(C)C)c1-n1cc[n+](C(C)(c2c(C(C)C)cccc2C(C)C)[n+]2cc[nH]c2)c1. The molecule has 0 spiro atoms. The quantitative estimate of drug-likeness (QED) is 0.257. The minimum Gasteiger partial charge on any atom is -0.250 e. The third kappa shape index (κ3) is 4.42. The molecule has 4 aromatic rings. The molecule has 0 aliphatic carbocycles. The number of aromatic amines is 1. The Kier molecular flexibility index (Phi) is 7.26. The lowest BCUT2D eigenvalue weighted by Crippen LogP contribution is -2.72. The van der Waals surface area contributed by atoms with Crippen LogP contribution in [0, 0.1) is 0 Å². The van der Waals surface area contributed by atoms with Gasteiger partial charge in [-0.3, -0.25) is 4.98 Å². The van der Waals surface area contributed by atoms with Gasteiger partial charge in [0.15, 0.2) is 0 Å². The summed E-state index contributed by atoms with van der Waals surface area (Å²) in [5.41, 5.74) is 7.78. The van der Waals surface area contributed by atoms with Crippen LogP contribution in [0.5, 0.6) is 0 Å². The maximum Gasteiger partial charge on any atom is 0.276 e. The van der Waals surface area contributed by atoms with Gasteiger partial charge < -0.3 is 0 Å². The van der Waals surface area contributed by atoms with Crippen molar-refractivity contribution >= 4 is 0 Å². The fraction of sp³-hybridized carbons (Fsp3) is 0.438. The maximum absolute atomic E-state index is 3.30. The first-order valence-electron chi connectivity index (χ1n) is 13.5. The second-order valence-electron chi connectivity index (χ2n) is 11.5. The van der Waals surface area contributed by atoms with Crippen molar-refractivity contribution in [3.05, 3.63) is 102 Å². The van der Waals surface area contributed by atoms with Crippen molar-refractivity contribution in [2.45, 2.75) is 91.6 Å². The standard InChI is InChI=1S/C32H43N4/c1-22(2)26-12-10-13-27(23(3)4)30(26)32(9,35-17-16-33-20-35)36-19-18-34(21-36)31-28(24(5)6)14-11-15-29(31)25(7)8/h10-25H,1-9H3/q+1/p+1. The highest BCUT2D eigenvalue weighted by Crippen LogP contribution is 2.35. The van der Waals surface area contributed by atoms with Gasteiger partial charge in [-0.1, -0.05) is 91.8 Å². The summed E-state index contributed by atoms with van der Waals surface area (Å²) >= 11 is 0. The van der Waals surface area contributed by atoms with Gasteiger partial charge in [0.25, 0.3) is 12.0 Å². The van der Waals surface area contributed by atoms with Gasteiger partial charge in [0, 0.05) is 18.1 Å². The maximum atomic E-state index is 3.30. The van der Waals surface area contributed by atoms with E-state index in [4.69, 9.17) is 0 Å². The van der Waals surface area contributed by atoms with E-state index in [1.54, 1.807) is 0 Å². The summed E-state index contributed by atoms with van der Waals surface area (Å²) in [4.78, 5) is 3.30. The van der Waals surface area contributed by atoms with E-state index < -0.39 is 5.66 Å². The zero-order chi connectivity index (χ0) is 26.2. The molecule has 2 heterocycles. The summed E-state index contributed by atoms with van der Waals surface area (Å²) in [7, 11) is 0. The molecule has 0 fully saturated rings. The zero-order valence-corrected chi connectivity index (χ0v) is 23.6. The van der Waals surface area contributed by atoms with Crippen molar-refractivity contribution in [2.24, 2.45) is 0 Å². The lowest BCUT2D eigenvalue weighted by atomic mass is 9.82. The lowest BCUT2D eigenvalue weighted by Gasteiger charge is -2.30. The third-order valence-electron chi connectivity index (χ3n) is 7.63. The highest BCUT2D eigenvalue weighted by molar-refractivity contribution is 5.51. The number of aromatic nitrogens is 4. The van der Waals surface area contributed by atoms with E-state index in [1.165, 1.54) is 33.5 Å². The third-order valence-corrected chi connectivity index (χ3v) is 7.63. The van der Waals surface area contributed by atoms with Crippen LogP contribution in [0.1, 0.15) is 114 Å². The van der Waals surface area contributed by atoms with Crippen molar-refractivity contribution in [1.82, 2.24) is 9.55 Å². The molecular weight excluding hydrogens is 440 g/mol. The number of rotatable bonds is 8. The number of para-hydroxylation sites is 1.